The van der Waals surface area contributed by atoms with Gasteiger partial charge in [0.1, 0.15) is 5.60 Å². The van der Waals surface area contributed by atoms with E-state index in [9.17, 15) is 4.79 Å². The first-order chi connectivity index (χ1) is 7.89. The summed E-state index contributed by atoms with van der Waals surface area (Å²) < 4.78 is 5.07. The number of alkyl carbamates (subject to hydrolysis) is 1. The summed E-state index contributed by atoms with van der Waals surface area (Å²) in [7, 11) is 0. The largest absolute Gasteiger partial charge is 0.444 e. The second-order valence-electron chi connectivity index (χ2n) is 4.72. The molecule has 0 aliphatic carbocycles. The molecule has 0 saturated carbocycles. The zero-order valence-electron chi connectivity index (χ0n) is 10.9. The number of ether oxygens (including phenoxy) is 1. The Morgan fingerprint density at radius 1 is 1.18 bits per heavy atom. The average molecular weight is 248 g/mol. The van der Waals surface area contributed by atoms with Crippen LogP contribution >= 0.6 is 0 Å². The van der Waals surface area contributed by atoms with Gasteiger partial charge in [0, 0.05) is 26.2 Å². The van der Waals surface area contributed by atoms with Crippen molar-refractivity contribution in [3.8, 4) is 0 Å². The number of nitrogens with one attached hydrogen (secondary N) is 1. The van der Waals surface area contributed by atoms with Gasteiger partial charge < -0.3 is 20.3 Å². The molecule has 0 saturated heterocycles. The lowest BCUT2D eigenvalue weighted by Gasteiger charge is -2.22. The summed E-state index contributed by atoms with van der Waals surface area (Å²) in [5, 5.41) is 20.2. The first-order valence-corrected chi connectivity index (χ1v) is 5.80. The second-order valence-corrected chi connectivity index (χ2v) is 4.72. The number of carbonyl (C=O) groups is 1. The Labute approximate surface area is 103 Å². The molecule has 0 rings (SSSR count). The lowest BCUT2D eigenvalue weighted by Crippen LogP contribution is -2.39. The molecular formula is C11H24N2O4. The summed E-state index contributed by atoms with van der Waals surface area (Å²) >= 11 is 0. The third kappa shape index (κ3) is 10.0. The van der Waals surface area contributed by atoms with Gasteiger partial charge in [-0.1, -0.05) is 0 Å². The number of aliphatic hydroxyl groups excluding tert-OH is 2. The first kappa shape index (κ1) is 16.1. The zero-order chi connectivity index (χ0) is 13.3. The van der Waals surface area contributed by atoms with Crippen molar-refractivity contribution in [1.29, 1.82) is 0 Å². The summed E-state index contributed by atoms with van der Waals surface area (Å²) in [6, 6.07) is 0. The maximum Gasteiger partial charge on any atom is 0.407 e. The molecule has 0 heterocycles. The third-order valence-electron chi connectivity index (χ3n) is 1.93. The minimum atomic E-state index is -0.500. The van der Waals surface area contributed by atoms with E-state index in [2.05, 4.69) is 5.32 Å². The Hall–Kier alpha value is -0.850. The number of hydrogen-bond acceptors (Lipinski definition) is 5. The predicted molar refractivity (Wildman–Crippen MR) is 64.8 cm³/mol. The third-order valence-corrected chi connectivity index (χ3v) is 1.93. The molecule has 17 heavy (non-hydrogen) atoms. The highest BCUT2D eigenvalue weighted by atomic mass is 16.6. The fourth-order valence-electron chi connectivity index (χ4n) is 1.25. The highest BCUT2D eigenvalue weighted by Crippen LogP contribution is 2.06. The molecule has 1 amide bonds. The highest BCUT2D eigenvalue weighted by Gasteiger charge is 2.15. The average Bonchev–Trinajstić information content (AvgIpc) is 2.15. The van der Waals surface area contributed by atoms with Crippen molar-refractivity contribution in [2.24, 2.45) is 0 Å². The molecular weight excluding hydrogens is 224 g/mol. The van der Waals surface area contributed by atoms with Gasteiger partial charge in [-0.2, -0.15) is 0 Å². The van der Waals surface area contributed by atoms with E-state index in [1.165, 1.54) is 0 Å². The molecule has 0 radical (unpaired) electrons. The van der Waals surface area contributed by atoms with Gasteiger partial charge in [-0.25, -0.2) is 4.79 Å². The number of carbonyl (C=O) groups excluding carboxylic acids is 1. The molecule has 0 aliphatic rings. The topological polar surface area (TPSA) is 82.0 Å². The van der Waals surface area contributed by atoms with Crippen LogP contribution in [0.2, 0.25) is 0 Å². The number of amides is 1. The van der Waals surface area contributed by atoms with Crippen molar-refractivity contribution < 1.29 is 19.7 Å². The van der Waals surface area contributed by atoms with Crippen LogP contribution in [0.25, 0.3) is 0 Å². The lowest BCUT2D eigenvalue weighted by atomic mass is 10.2. The van der Waals surface area contributed by atoms with Crippen molar-refractivity contribution in [2.45, 2.75) is 26.4 Å². The smallest absolute Gasteiger partial charge is 0.407 e. The van der Waals surface area contributed by atoms with Gasteiger partial charge >= 0.3 is 6.09 Å². The lowest BCUT2D eigenvalue weighted by molar-refractivity contribution is 0.0520. The summed E-state index contributed by atoms with van der Waals surface area (Å²) in [5.41, 5.74) is -0.500. The van der Waals surface area contributed by atoms with Gasteiger partial charge in [0.15, 0.2) is 0 Å². The van der Waals surface area contributed by atoms with Crippen LogP contribution in [0.15, 0.2) is 0 Å². The van der Waals surface area contributed by atoms with E-state index in [1.54, 1.807) is 20.8 Å². The van der Waals surface area contributed by atoms with Crippen LogP contribution < -0.4 is 5.32 Å². The van der Waals surface area contributed by atoms with Crippen molar-refractivity contribution in [3.05, 3.63) is 0 Å². The van der Waals surface area contributed by atoms with Crippen LogP contribution in [-0.2, 0) is 4.74 Å². The van der Waals surface area contributed by atoms with Crippen LogP contribution in [0.1, 0.15) is 20.8 Å². The number of nitrogens with zero attached hydrogens (tertiary/aromatic N) is 1. The Morgan fingerprint density at radius 3 is 2.12 bits per heavy atom. The number of rotatable bonds is 7. The summed E-state index contributed by atoms with van der Waals surface area (Å²) in [6.07, 6.45) is -0.453. The highest BCUT2D eigenvalue weighted by molar-refractivity contribution is 5.67. The summed E-state index contributed by atoms with van der Waals surface area (Å²) in [5.74, 6) is 0. The van der Waals surface area contributed by atoms with E-state index >= 15 is 0 Å². The molecule has 0 unspecified atom stereocenters. The molecule has 102 valence electrons. The monoisotopic (exact) mass is 248 g/mol. The van der Waals surface area contributed by atoms with Crippen molar-refractivity contribution in [1.82, 2.24) is 10.2 Å². The number of hydrogen-bond donors (Lipinski definition) is 3. The van der Waals surface area contributed by atoms with E-state index in [0.717, 1.165) is 0 Å². The molecule has 0 atom stereocenters. The molecule has 3 N–H and O–H groups in total. The molecule has 6 nitrogen and oxygen atoms in total. The quantitative estimate of drug-likeness (QED) is 0.581. The van der Waals surface area contributed by atoms with Crippen LogP contribution in [0, 0.1) is 0 Å². The van der Waals surface area contributed by atoms with Gasteiger partial charge in [0.05, 0.1) is 13.2 Å². The Kier molecular flexibility index (Phi) is 7.86. The molecule has 0 bridgehead atoms. The SMILES string of the molecule is CC(C)(C)OC(=O)NCCN(CCO)CCO. The van der Waals surface area contributed by atoms with Crippen LogP contribution in [0.5, 0.6) is 0 Å². The minimum Gasteiger partial charge on any atom is -0.444 e. The molecule has 0 spiro atoms. The molecule has 6 heteroatoms. The van der Waals surface area contributed by atoms with E-state index < -0.39 is 11.7 Å². The van der Waals surface area contributed by atoms with Crippen LogP contribution in [-0.4, -0.2) is 66.2 Å². The molecule has 0 fully saturated rings. The summed E-state index contributed by atoms with van der Waals surface area (Å²) in [4.78, 5) is 13.2. The van der Waals surface area contributed by atoms with Gasteiger partial charge in [-0.05, 0) is 20.8 Å². The van der Waals surface area contributed by atoms with Gasteiger partial charge in [0.2, 0.25) is 0 Å². The number of aliphatic hydroxyl groups is 2. The fourth-order valence-corrected chi connectivity index (χ4v) is 1.25. The maximum atomic E-state index is 11.3. The van der Waals surface area contributed by atoms with E-state index in [0.29, 0.717) is 26.2 Å². The Morgan fingerprint density at radius 2 is 1.71 bits per heavy atom. The van der Waals surface area contributed by atoms with Gasteiger partial charge in [-0.15, -0.1) is 0 Å². The second kappa shape index (κ2) is 8.27. The normalized spacial score (nSPS) is 11.6. The van der Waals surface area contributed by atoms with Crippen molar-refractivity contribution in [2.75, 3.05) is 39.4 Å². The fraction of sp³-hybridized carbons (Fsp3) is 0.909. The predicted octanol–water partition coefficient (Wildman–Crippen LogP) is -0.202. The molecule has 0 aromatic carbocycles. The Balaban J connectivity index is 3.76. The first-order valence-electron chi connectivity index (χ1n) is 5.80. The molecule has 0 aromatic heterocycles. The van der Waals surface area contributed by atoms with Crippen molar-refractivity contribution in [3.63, 3.8) is 0 Å². The summed E-state index contributed by atoms with van der Waals surface area (Å²) in [6.45, 7) is 7.44. The molecule has 0 aliphatic heterocycles. The standard InChI is InChI=1S/C11H24N2O4/c1-11(2,3)17-10(16)12-4-5-13(6-8-14)7-9-15/h14-15H,4-9H2,1-3H3,(H,12,16). The Bertz CT molecular complexity index is 210. The van der Waals surface area contributed by atoms with Crippen LogP contribution in [0.4, 0.5) is 4.79 Å². The van der Waals surface area contributed by atoms with Gasteiger partial charge in [-0.3, -0.25) is 4.90 Å². The van der Waals surface area contributed by atoms with E-state index in [1.807, 2.05) is 4.90 Å². The van der Waals surface area contributed by atoms with E-state index in [4.69, 9.17) is 14.9 Å². The molecule has 0 aromatic rings. The van der Waals surface area contributed by atoms with Gasteiger partial charge in [0.25, 0.3) is 0 Å². The van der Waals surface area contributed by atoms with E-state index in [-0.39, 0.29) is 13.2 Å². The van der Waals surface area contributed by atoms with Crippen molar-refractivity contribution >= 4 is 6.09 Å². The maximum absolute atomic E-state index is 11.3. The zero-order valence-corrected chi connectivity index (χ0v) is 10.9. The van der Waals surface area contributed by atoms with Crippen LogP contribution in [0.3, 0.4) is 0 Å². The minimum absolute atomic E-state index is 0.0342.